The van der Waals surface area contributed by atoms with Crippen LogP contribution in [0.25, 0.3) is 11.0 Å². The topological polar surface area (TPSA) is 68.5 Å². The van der Waals surface area contributed by atoms with Crippen molar-refractivity contribution in [3.05, 3.63) is 64.9 Å². The van der Waals surface area contributed by atoms with E-state index in [9.17, 15) is 9.59 Å². The maximum atomic E-state index is 12.4. The molecule has 0 bridgehead atoms. The van der Waals surface area contributed by atoms with Gasteiger partial charge in [0.05, 0.1) is 18.4 Å². The fourth-order valence-electron chi connectivity index (χ4n) is 2.19. The van der Waals surface area contributed by atoms with Crippen LogP contribution in [0.5, 0.6) is 0 Å². The van der Waals surface area contributed by atoms with Crippen LogP contribution in [0.4, 0.5) is 5.69 Å². The average Bonchev–Trinajstić information content (AvgIpc) is 2.98. The van der Waals surface area contributed by atoms with Crippen molar-refractivity contribution in [2.24, 2.45) is 0 Å². The number of rotatable bonds is 3. The Labute approximate surface area is 136 Å². The molecule has 0 saturated carbocycles. The highest BCUT2D eigenvalue weighted by atomic mass is 35.5. The Bertz CT molecular complexity index is 867. The standard InChI is InChI=1S/C17H12ClNO4/c1-22-17(21)12-7-6-11(18)9-13(12)19-16(20)15-8-10-4-2-3-5-14(10)23-15/h2-9H,1H3,(H,19,20). The van der Waals surface area contributed by atoms with Gasteiger partial charge in [0.15, 0.2) is 5.76 Å². The van der Waals surface area contributed by atoms with E-state index in [1.54, 1.807) is 18.2 Å². The number of anilines is 1. The second-order valence-corrected chi connectivity index (χ2v) is 5.22. The molecule has 3 aromatic rings. The van der Waals surface area contributed by atoms with Crippen LogP contribution >= 0.6 is 11.6 Å². The van der Waals surface area contributed by atoms with Crippen molar-refractivity contribution in [2.45, 2.75) is 0 Å². The monoisotopic (exact) mass is 329 g/mol. The van der Waals surface area contributed by atoms with Gasteiger partial charge in [0.1, 0.15) is 5.58 Å². The molecule has 0 aliphatic carbocycles. The lowest BCUT2D eigenvalue weighted by molar-refractivity contribution is 0.0602. The van der Waals surface area contributed by atoms with Crippen molar-refractivity contribution in [1.29, 1.82) is 0 Å². The number of hydrogen-bond acceptors (Lipinski definition) is 4. The summed E-state index contributed by atoms with van der Waals surface area (Å²) in [4.78, 5) is 24.1. The van der Waals surface area contributed by atoms with E-state index in [2.05, 4.69) is 5.32 Å². The first-order valence-corrected chi connectivity index (χ1v) is 7.14. The number of fused-ring (bicyclic) bond motifs is 1. The molecule has 5 nitrogen and oxygen atoms in total. The van der Waals surface area contributed by atoms with E-state index in [1.165, 1.54) is 19.2 Å². The quantitative estimate of drug-likeness (QED) is 0.734. The van der Waals surface area contributed by atoms with Gasteiger partial charge in [0.25, 0.3) is 5.91 Å². The Kier molecular flexibility index (Phi) is 4.04. The Morgan fingerprint density at radius 1 is 1.13 bits per heavy atom. The van der Waals surface area contributed by atoms with Gasteiger partial charge in [0, 0.05) is 10.4 Å². The number of benzene rings is 2. The van der Waals surface area contributed by atoms with Crippen LogP contribution in [0.2, 0.25) is 5.02 Å². The van der Waals surface area contributed by atoms with Gasteiger partial charge in [-0.2, -0.15) is 0 Å². The zero-order chi connectivity index (χ0) is 16.4. The summed E-state index contributed by atoms with van der Waals surface area (Å²) in [6.45, 7) is 0. The first-order chi connectivity index (χ1) is 11.1. The minimum absolute atomic E-state index is 0.141. The number of carbonyl (C=O) groups excluding carboxylic acids is 2. The van der Waals surface area contributed by atoms with E-state index in [-0.39, 0.29) is 17.0 Å². The minimum Gasteiger partial charge on any atom is -0.465 e. The molecule has 0 atom stereocenters. The maximum Gasteiger partial charge on any atom is 0.339 e. The molecule has 0 unspecified atom stereocenters. The Morgan fingerprint density at radius 2 is 1.91 bits per heavy atom. The normalized spacial score (nSPS) is 10.5. The van der Waals surface area contributed by atoms with Gasteiger partial charge in [-0.25, -0.2) is 4.79 Å². The highest BCUT2D eigenvalue weighted by Crippen LogP contribution is 2.24. The molecule has 1 N–H and O–H groups in total. The van der Waals surface area contributed by atoms with Crippen LogP contribution in [0.1, 0.15) is 20.9 Å². The molecule has 2 aromatic carbocycles. The molecular formula is C17H12ClNO4. The molecule has 23 heavy (non-hydrogen) atoms. The molecule has 1 aromatic heterocycles. The summed E-state index contributed by atoms with van der Waals surface area (Å²) in [5.74, 6) is -0.905. The molecule has 0 saturated heterocycles. The molecule has 0 aliphatic rings. The summed E-state index contributed by atoms with van der Waals surface area (Å²) in [7, 11) is 1.27. The SMILES string of the molecule is COC(=O)c1ccc(Cl)cc1NC(=O)c1cc2ccccc2o1. The van der Waals surface area contributed by atoms with Crippen molar-refractivity contribution in [3.8, 4) is 0 Å². The van der Waals surface area contributed by atoms with Gasteiger partial charge in [-0.1, -0.05) is 29.8 Å². The number of amides is 1. The lowest BCUT2D eigenvalue weighted by atomic mass is 10.1. The molecule has 0 spiro atoms. The van der Waals surface area contributed by atoms with Gasteiger partial charge in [-0.15, -0.1) is 0 Å². The third-order valence-corrected chi connectivity index (χ3v) is 3.52. The van der Waals surface area contributed by atoms with Crippen molar-refractivity contribution < 1.29 is 18.7 Å². The lowest BCUT2D eigenvalue weighted by Crippen LogP contribution is -2.14. The first-order valence-electron chi connectivity index (χ1n) is 6.76. The molecule has 6 heteroatoms. The van der Waals surface area contributed by atoms with E-state index in [1.807, 2.05) is 18.2 Å². The minimum atomic E-state index is -0.568. The van der Waals surface area contributed by atoms with Crippen molar-refractivity contribution in [1.82, 2.24) is 0 Å². The number of hydrogen-bond donors (Lipinski definition) is 1. The summed E-state index contributed by atoms with van der Waals surface area (Å²) < 4.78 is 10.2. The van der Waals surface area contributed by atoms with Crippen LogP contribution in [0.3, 0.4) is 0 Å². The largest absolute Gasteiger partial charge is 0.465 e. The molecule has 0 radical (unpaired) electrons. The Balaban J connectivity index is 1.93. The van der Waals surface area contributed by atoms with E-state index in [0.29, 0.717) is 10.6 Å². The van der Waals surface area contributed by atoms with Crippen molar-refractivity contribution in [3.63, 3.8) is 0 Å². The fraction of sp³-hybridized carbons (Fsp3) is 0.0588. The highest BCUT2D eigenvalue weighted by Gasteiger charge is 2.17. The summed E-state index contributed by atoms with van der Waals surface area (Å²) in [6.07, 6.45) is 0. The number of ether oxygens (including phenoxy) is 1. The zero-order valence-electron chi connectivity index (χ0n) is 12.1. The number of nitrogens with one attached hydrogen (secondary N) is 1. The van der Waals surface area contributed by atoms with E-state index >= 15 is 0 Å². The number of esters is 1. The van der Waals surface area contributed by atoms with Gasteiger partial charge in [-0.05, 0) is 30.3 Å². The van der Waals surface area contributed by atoms with Crippen molar-refractivity contribution in [2.75, 3.05) is 12.4 Å². The molecule has 1 amide bonds. The molecular weight excluding hydrogens is 318 g/mol. The second-order valence-electron chi connectivity index (χ2n) is 4.78. The van der Waals surface area contributed by atoms with E-state index < -0.39 is 11.9 Å². The number of methoxy groups -OCH3 is 1. The predicted octanol–water partition coefficient (Wildman–Crippen LogP) is 4.13. The van der Waals surface area contributed by atoms with Crippen LogP contribution < -0.4 is 5.32 Å². The van der Waals surface area contributed by atoms with Crippen molar-refractivity contribution >= 4 is 40.1 Å². The Hall–Kier alpha value is -2.79. The maximum absolute atomic E-state index is 12.4. The second kappa shape index (κ2) is 6.14. The number of carbonyl (C=O) groups is 2. The van der Waals surface area contributed by atoms with E-state index in [0.717, 1.165) is 5.39 Å². The molecule has 116 valence electrons. The molecule has 1 heterocycles. The average molecular weight is 330 g/mol. The molecule has 0 aliphatic heterocycles. The van der Waals surface area contributed by atoms with Gasteiger partial charge in [0.2, 0.25) is 0 Å². The summed E-state index contributed by atoms with van der Waals surface area (Å²) in [5, 5.41) is 3.83. The number of para-hydroxylation sites is 1. The van der Waals surface area contributed by atoms with Gasteiger partial charge >= 0.3 is 5.97 Å². The van der Waals surface area contributed by atoms with E-state index in [4.69, 9.17) is 20.8 Å². The van der Waals surface area contributed by atoms with Crippen LogP contribution in [-0.4, -0.2) is 19.0 Å². The molecule has 0 fully saturated rings. The lowest BCUT2D eigenvalue weighted by Gasteiger charge is -2.09. The van der Waals surface area contributed by atoms with Gasteiger partial charge in [-0.3, -0.25) is 4.79 Å². The summed E-state index contributed by atoms with van der Waals surface area (Å²) >= 11 is 5.93. The third-order valence-electron chi connectivity index (χ3n) is 3.28. The first kappa shape index (κ1) is 15.1. The summed E-state index contributed by atoms with van der Waals surface area (Å²) in [5.41, 5.74) is 1.08. The van der Waals surface area contributed by atoms with Crippen LogP contribution in [0, 0.1) is 0 Å². The fourth-order valence-corrected chi connectivity index (χ4v) is 2.36. The number of furan rings is 1. The third kappa shape index (κ3) is 3.05. The number of halogens is 1. The molecule has 3 rings (SSSR count). The Morgan fingerprint density at radius 3 is 2.65 bits per heavy atom. The highest BCUT2D eigenvalue weighted by molar-refractivity contribution is 6.31. The van der Waals surface area contributed by atoms with Crippen LogP contribution in [0.15, 0.2) is 52.9 Å². The predicted molar refractivity (Wildman–Crippen MR) is 87.0 cm³/mol. The zero-order valence-corrected chi connectivity index (χ0v) is 12.9. The smallest absolute Gasteiger partial charge is 0.339 e. The summed E-state index contributed by atoms with van der Waals surface area (Å²) in [6, 6.07) is 13.4. The van der Waals surface area contributed by atoms with Gasteiger partial charge < -0.3 is 14.5 Å². The van der Waals surface area contributed by atoms with Crippen LogP contribution in [-0.2, 0) is 4.74 Å².